The van der Waals surface area contributed by atoms with Gasteiger partial charge in [0.2, 0.25) is 5.95 Å². The Kier molecular flexibility index (Phi) is 3.72. The van der Waals surface area contributed by atoms with E-state index in [0.717, 1.165) is 30.1 Å². The maximum absolute atomic E-state index is 6.02. The van der Waals surface area contributed by atoms with Crippen LogP contribution in [0.15, 0.2) is 30.6 Å². The van der Waals surface area contributed by atoms with Crippen LogP contribution in [0.25, 0.3) is 11.2 Å². The van der Waals surface area contributed by atoms with Crippen LogP contribution in [-0.4, -0.2) is 46.2 Å². The Balaban J connectivity index is 1.72. The molecule has 8 heteroatoms. The van der Waals surface area contributed by atoms with Gasteiger partial charge < -0.3 is 19.9 Å². The molecule has 2 aromatic heterocycles. The standard InChI is InChI=1S/C15H15ClN6O/c16-10-2-1-3-11(8-10)19-15-20-13-12(17-9-18-13)14(21-15)22-4-6-23-7-5-22/h1-3,8-9H,4-7H2,(H2,17,18,19,20,21). The van der Waals surface area contributed by atoms with Crippen molar-refractivity contribution in [2.24, 2.45) is 0 Å². The molecule has 0 radical (unpaired) electrons. The van der Waals surface area contributed by atoms with Crippen molar-refractivity contribution in [3.63, 3.8) is 0 Å². The minimum Gasteiger partial charge on any atom is -0.378 e. The zero-order valence-electron chi connectivity index (χ0n) is 12.3. The average Bonchev–Trinajstić information content (AvgIpc) is 3.03. The highest BCUT2D eigenvalue weighted by atomic mass is 35.5. The molecule has 0 spiro atoms. The molecule has 23 heavy (non-hydrogen) atoms. The first-order chi connectivity index (χ1) is 11.3. The van der Waals surface area contributed by atoms with Crippen molar-refractivity contribution in [2.75, 3.05) is 36.5 Å². The summed E-state index contributed by atoms with van der Waals surface area (Å²) in [7, 11) is 0. The molecule has 4 rings (SSSR count). The van der Waals surface area contributed by atoms with Crippen molar-refractivity contribution in [1.29, 1.82) is 0 Å². The molecule has 0 unspecified atom stereocenters. The maximum atomic E-state index is 6.02. The van der Waals surface area contributed by atoms with Crippen LogP contribution in [0.5, 0.6) is 0 Å². The van der Waals surface area contributed by atoms with E-state index in [4.69, 9.17) is 16.3 Å². The van der Waals surface area contributed by atoms with Crippen LogP contribution in [0, 0.1) is 0 Å². The molecule has 1 saturated heterocycles. The summed E-state index contributed by atoms with van der Waals surface area (Å²) >= 11 is 6.02. The van der Waals surface area contributed by atoms with Gasteiger partial charge in [0, 0.05) is 23.8 Å². The lowest BCUT2D eigenvalue weighted by Crippen LogP contribution is -2.37. The lowest BCUT2D eigenvalue weighted by molar-refractivity contribution is 0.122. The SMILES string of the molecule is Clc1cccc(Nc2nc(N3CCOCC3)c3[nH]cnc3n2)c1. The van der Waals surface area contributed by atoms with Gasteiger partial charge in [0.15, 0.2) is 11.5 Å². The van der Waals surface area contributed by atoms with Gasteiger partial charge in [-0.3, -0.25) is 0 Å². The molecule has 118 valence electrons. The number of nitrogens with zero attached hydrogens (tertiary/aromatic N) is 4. The number of nitrogens with one attached hydrogen (secondary N) is 2. The molecular weight excluding hydrogens is 316 g/mol. The fraction of sp³-hybridized carbons (Fsp3) is 0.267. The minimum absolute atomic E-state index is 0.494. The van der Waals surface area contributed by atoms with Crippen LogP contribution < -0.4 is 10.2 Å². The zero-order valence-corrected chi connectivity index (χ0v) is 13.0. The Hall–Kier alpha value is -2.38. The van der Waals surface area contributed by atoms with Gasteiger partial charge in [-0.1, -0.05) is 17.7 Å². The zero-order chi connectivity index (χ0) is 15.6. The summed E-state index contributed by atoms with van der Waals surface area (Å²) < 4.78 is 5.41. The number of hydrogen-bond acceptors (Lipinski definition) is 6. The first-order valence-corrected chi connectivity index (χ1v) is 7.74. The van der Waals surface area contributed by atoms with Crippen LogP contribution in [0.2, 0.25) is 5.02 Å². The number of imidazole rings is 1. The first kappa shape index (κ1) is 14.2. The Morgan fingerprint density at radius 2 is 2.09 bits per heavy atom. The molecule has 1 aliphatic rings. The molecule has 0 aliphatic carbocycles. The molecule has 0 amide bonds. The van der Waals surface area contributed by atoms with Gasteiger partial charge in [0.05, 0.1) is 19.5 Å². The van der Waals surface area contributed by atoms with Crippen LogP contribution in [0.4, 0.5) is 17.5 Å². The van der Waals surface area contributed by atoms with Gasteiger partial charge in [0.1, 0.15) is 5.52 Å². The van der Waals surface area contributed by atoms with Gasteiger partial charge in [-0.2, -0.15) is 9.97 Å². The summed E-state index contributed by atoms with van der Waals surface area (Å²) in [6.45, 7) is 2.97. The highest BCUT2D eigenvalue weighted by Crippen LogP contribution is 2.25. The lowest BCUT2D eigenvalue weighted by atomic mass is 10.3. The van der Waals surface area contributed by atoms with E-state index in [2.05, 4.69) is 30.2 Å². The number of anilines is 3. The largest absolute Gasteiger partial charge is 0.378 e. The third-order valence-electron chi connectivity index (χ3n) is 3.66. The van der Waals surface area contributed by atoms with E-state index >= 15 is 0 Å². The van der Waals surface area contributed by atoms with Crippen molar-refractivity contribution < 1.29 is 4.74 Å². The molecule has 1 aromatic carbocycles. The fourth-order valence-electron chi connectivity index (χ4n) is 2.57. The average molecular weight is 331 g/mol. The summed E-state index contributed by atoms with van der Waals surface area (Å²) in [5.41, 5.74) is 2.30. The van der Waals surface area contributed by atoms with Gasteiger partial charge in [0.25, 0.3) is 0 Å². The second-order valence-corrected chi connectivity index (χ2v) is 5.64. The monoisotopic (exact) mass is 330 g/mol. The van der Waals surface area contributed by atoms with Crippen molar-refractivity contribution in [2.45, 2.75) is 0 Å². The number of halogens is 1. The summed E-state index contributed by atoms with van der Waals surface area (Å²) in [6, 6.07) is 7.44. The van der Waals surface area contributed by atoms with Crippen LogP contribution >= 0.6 is 11.6 Å². The highest BCUT2D eigenvalue weighted by molar-refractivity contribution is 6.30. The predicted molar refractivity (Wildman–Crippen MR) is 89.5 cm³/mol. The number of morpholine rings is 1. The molecular formula is C15H15ClN6O. The quantitative estimate of drug-likeness (QED) is 0.768. The molecule has 3 aromatic rings. The molecule has 1 fully saturated rings. The minimum atomic E-state index is 0.494. The molecule has 7 nitrogen and oxygen atoms in total. The van der Waals surface area contributed by atoms with Crippen LogP contribution in [0.3, 0.4) is 0 Å². The fourth-order valence-corrected chi connectivity index (χ4v) is 2.76. The van der Waals surface area contributed by atoms with E-state index in [-0.39, 0.29) is 0 Å². The van der Waals surface area contributed by atoms with E-state index in [0.29, 0.717) is 29.8 Å². The molecule has 0 bridgehead atoms. The number of H-pyrrole nitrogens is 1. The van der Waals surface area contributed by atoms with Crippen LogP contribution in [-0.2, 0) is 4.74 Å². The van der Waals surface area contributed by atoms with Gasteiger partial charge in [-0.15, -0.1) is 0 Å². The van der Waals surface area contributed by atoms with Crippen molar-refractivity contribution in [3.05, 3.63) is 35.6 Å². The Morgan fingerprint density at radius 3 is 2.91 bits per heavy atom. The molecule has 3 heterocycles. The predicted octanol–water partition coefficient (Wildman–Crippen LogP) is 2.59. The summed E-state index contributed by atoms with van der Waals surface area (Å²) in [5.74, 6) is 1.33. The van der Waals surface area contributed by atoms with E-state index in [1.54, 1.807) is 6.33 Å². The van der Waals surface area contributed by atoms with E-state index in [9.17, 15) is 0 Å². The highest BCUT2D eigenvalue weighted by Gasteiger charge is 2.18. The molecule has 0 atom stereocenters. The van der Waals surface area contributed by atoms with Gasteiger partial charge in [-0.05, 0) is 18.2 Å². The molecule has 0 saturated carbocycles. The number of hydrogen-bond donors (Lipinski definition) is 2. The number of aromatic amines is 1. The first-order valence-electron chi connectivity index (χ1n) is 7.36. The van der Waals surface area contributed by atoms with Crippen LogP contribution in [0.1, 0.15) is 0 Å². The van der Waals surface area contributed by atoms with E-state index < -0.39 is 0 Å². The van der Waals surface area contributed by atoms with Crippen molar-refractivity contribution in [1.82, 2.24) is 19.9 Å². The van der Waals surface area contributed by atoms with Gasteiger partial charge >= 0.3 is 0 Å². The Labute approximate surface area is 137 Å². The number of benzene rings is 1. The molecule has 1 aliphatic heterocycles. The third kappa shape index (κ3) is 2.93. The Morgan fingerprint density at radius 1 is 1.22 bits per heavy atom. The summed E-state index contributed by atoms with van der Waals surface area (Å²) in [4.78, 5) is 18.7. The third-order valence-corrected chi connectivity index (χ3v) is 3.89. The van der Waals surface area contributed by atoms with Crippen molar-refractivity contribution in [3.8, 4) is 0 Å². The number of aromatic nitrogens is 4. The normalized spacial score (nSPS) is 15.1. The van der Waals surface area contributed by atoms with E-state index in [1.807, 2.05) is 24.3 Å². The Bertz CT molecular complexity index is 830. The summed E-state index contributed by atoms with van der Waals surface area (Å²) in [5, 5.41) is 3.84. The maximum Gasteiger partial charge on any atom is 0.231 e. The number of rotatable bonds is 3. The smallest absolute Gasteiger partial charge is 0.231 e. The topological polar surface area (TPSA) is 79.0 Å². The number of ether oxygens (including phenoxy) is 1. The lowest BCUT2D eigenvalue weighted by Gasteiger charge is -2.28. The second-order valence-electron chi connectivity index (χ2n) is 5.21. The van der Waals surface area contributed by atoms with Crippen molar-refractivity contribution >= 4 is 40.2 Å². The summed E-state index contributed by atoms with van der Waals surface area (Å²) in [6.07, 6.45) is 1.63. The van der Waals surface area contributed by atoms with E-state index in [1.165, 1.54) is 0 Å². The second kappa shape index (κ2) is 6.02. The molecule has 2 N–H and O–H groups in total. The van der Waals surface area contributed by atoms with Gasteiger partial charge in [-0.25, -0.2) is 4.98 Å². The number of fused-ring (bicyclic) bond motifs is 1.